The second-order valence-electron chi connectivity index (χ2n) is 6.23. The quantitative estimate of drug-likeness (QED) is 0.841. The number of hydrogen-bond acceptors (Lipinski definition) is 4. The lowest BCUT2D eigenvalue weighted by Gasteiger charge is -2.30. The molecule has 2 heterocycles. The van der Waals surface area contributed by atoms with Crippen LogP contribution in [0.5, 0.6) is 11.5 Å². The van der Waals surface area contributed by atoms with Crippen LogP contribution in [-0.2, 0) is 28.7 Å². The van der Waals surface area contributed by atoms with Crippen molar-refractivity contribution in [2.75, 3.05) is 19.8 Å². The summed E-state index contributed by atoms with van der Waals surface area (Å²) in [4.78, 5) is 0. The van der Waals surface area contributed by atoms with Gasteiger partial charge in [-0.05, 0) is 47.4 Å². The summed E-state index contributed by atoms with van der Waals surface area (Å²) in [7, 11) is -3.47. The molecule has 0 N–H and O–H groups in total. The van der Waals surface area contributed by atoms with E-state index in [4.69, 9.17) is 9.47 Å². The van der Waals surface area contributed by atoms with Crippen molar-refractivity contribution in [2.24, 2.45) is 0 Å². The molecule has 0 spiro atoms. The molecule has 0 atom stereocenters. The van der Waals surface area contributed by atoms with Crippen molar-refractivity contribution in [1.82, 2.24) is 4.31 Å². The van der Waals surface area contributed by atoms with E-state index in [9.17, 15) is 12.8 Å². The third kappa shape index (κ3) is 3.34. The Kier molecular flexibility index (Phi) is 4.13. The van der Waals surface area contributed by atoms with Gasteiger partial charge in [0.15, 0.2) is 11.5 Å². The highest BCUT2D eigenvalue weighted by molar-refractivity contribution is 7.88. The zero-order valence-corrected chi connectivity index (χ0v) is 14.4. The van der Waals surface area contributed by atoms with Crippen LogP contribution < -0.4 is 9.47 Å². The van der Waals surface area contributed by atoms with Crippen LogP contribution in [-0.4, -0.2) is 32.5 Å². The van der Waals surface area contributed by atoms with Crippen LogP contribution in [0.1, 0.15) is 16.7 Å². The van der Waals surface area contributed by atoms with Crippen molar-refractivity contribution < 1.29 is 22.3 Å². The maximum atomic E-state index is 13.0. The first-order chi connectivity index (χ1) is 12.0. The average molecular weight is 363 g/mol. The smallest absolute Gasteiger partial charge is 0.218 e. The van der Waals surface area contributed by atoms with Crippen LogP contribution in [0.3, 0.4) is 0 Å². The van der Waals surface area contributed by atoms with Crippen LogP contribution in [0, 0.1) is 5.82 Å². The van der Waals surface area contributed by atoms with Crippen LogP contribution in [0.25, 0.3) is 0 Å². The largest absolute Gasteiger partial charge is 0.486 e. The number of nitrogens with zero attached hydrogens (tertiary/aromatic N) is 1. The van der Waals surface area contributed by atoms with Crippen molar-refractivity contribution >= 4 is 10.0 Å². The molecular formula is C18H18FNO4S. The average Bonchev–Trinajstić information content (AvgIpc) is 2.61. The molecule has 2 aromatic carbocycles. The van der Waals surface area contributed by atoms with Crippen LogP contribution in [0.4, 0.5) is 4.39 Å². The number of rotatable bonds is 3. The van der Waals surface area contributed by atoms with Crippen molar-refractivity contribution in [3.8, 4) is 11.5 Å². The molecule has 132 valence electrons. The predicted octanol–water partition coefficient (Wildman–Crippen LogP) is 2.49. The molecule has 2 aromatic rings. The minimum absolute atomic E-state index is 0.132. The fraction of sp³-hybridized carbons (Fsp3) is 0.333. The Labute approximate surface area is 146 Å². The molecular weight excluding hydrogens is 345 g/mol. The minimum Gasteiger partial charge on any atom is -0.486 e. The highest BCUT2D eigenvalue weighted by Gasteiger charge is 2.28. The molecule has 0 aromatic heterocycles. The SMILES string of the molecule is O=S(=O)(Cc1ccc(F)cc1)N1CCc2cc3c(cc2C1)OCCO3. The van der Waals surface area contributed by atoms with Gasteiger partial charge >= 0.3 is 0 Å². The predicted molar refractivity (Wildman–Crippen MR) is 90.6 cm³/mol. The van der Waals surface area contributed by atoms with E-state index in [1.54, 1.807) is 0 Å². The van der Waals surface area contributed by atoms with Crippen LogP contribution in [0.15, 0.2) is 36.4 Å². The van der Waals surface area contributed by atoms with Crippen LogP contribution in [0.2, 0.25) is 0 Å². The molecule has 5 nitrogen and oxygen atoms in total. The molecule has 0 fully saturated rings. The normalized spacial score (nSPS) is 17.2. The summed E-state index contributed by atoms with van der Waals surface area (Å²) in [6.45, 7) is 1.77. The third-order valence-electron chi connectivity index (χ3n) is 4.50. The molecule has 0 radical (unpaired) electrons. The minimum atomic E-state index is -3.47. The van der Waals surface area contributed by atoms with E-state index in [0.29, 0.717) is 44.0 Å². The van der Waals surface area contributed by atoms with Gasteiger partial charge in [0.1, 0.15) is 19.0 Å². The number of hydrogen-bond donors (Lipinski definition) is 0. The maximum Gasteiger partial charge on any atom is 0.218 e. The van der Waals surface area contributed by atoms with E-state index in [2.05, 4.69) is 0 Å². The first-order valence-corrected chi connectivity index (χ1v) is 9.76. The van der Waals surface area contributed by atoms with E-state index >= 15 is 0 Å². The Hall–Kier alpha value is -2.12. The third-order valence-corrected chi connectivity index (χ3v) is 6.29. The second-order valence-corrected chi connectivity index (χ2v) is 8.20. The van der Waals surface area contributed by atoms with E-state index < -0.39 is 10.0 Å². The van der Waals surface area contributed by atoms with Gasteiger partial charge in [0, 0.05) is 13.1 Å². The summed E-state index contributed by atoms with van der Waals surface area (Å²) >= 11 is 0. The Morgan fingerprint density at radius 1 is 1.00 bits per heavy atom. The summed E-state index contributed by atoms with van der Waals surface area (Å²) in [6, 6.07) is 9.40. The molecule has 0 aliphatic carbocycles. The molecule has 4 rings (SSSR count). The molecule has 0 saturated heterocycles. The molecule has 0 amide bonds. The molecule has 0 saturated carbocycles. The van der Waals surface area contributed by atoms with Crippen molar-refractivity contribution in [1.29, 1.82) is 0 Å². The van der Waals surface area contributed by atoms with Crippen molar-refractivity contribution in [3.05, 3.63) is 58.9 Å². The molecule has 7 heteroatoms. The Balaban J connectivity index is 1.55. The number of halogens is 1. The summed E-state index contributed by atoms with van der Waals surface area (Å²) in [5, 5.41) is 0. The van der Waals surface area contributed by atoms with Gasteiger partial charge in [-0.15, -0.1) is 0 Å². The lowest BCUT2D eigenvalue weighted by atomic mass is 10.00. The first kappa shape index (κ1) is 16.4. The zero-order chi connectivity index (χ0) is 17.4. The highest BCUT2D eigenvalue weighted by atomic mass is 32.2. The monoisotopic (exact) mass is 363 g/mol. The van der Waals surface area contributed by atoms with Gasteiger partial charge in [-0.25, -0.2) is 12.8 Å². The highest BCUT2D eigenvalue weighted by Crippen LogP contribution is 2.36. The number of benzene rings is 2. The fourth-order valence-corrected chi connectivity index (χ4v) is 4.69. The fourth-order valence-electron chi connectivity index (χ4n) is 3.19. The maximum absolute atomic E-state index is 13.0. The Morgan fingerprint density at radius 3 is 2.32 bits per heavy atom. The number of ether oxygens (including phenoxy) is 2. The molecule has 0 unspecified atom stereocenters. The van der Waals surface area contributed by atoms with E-state index in [0.717, 1.165) is 16.9 Å². The lowest BCUT2D eigenvalue weighted by Crippen LogP contribution is -2.36. The number of fused-ring (bicyclic) bond motifs is 2. The van der Waals surface area contributed by atoms with Gasteiger partial charge in [0.05, 0.1) is 5.75 Å². The van der Waals surface area contributed by atoms with Gasteiger partial charge in [0.2, 0.25) is 10.0 Å². The summed E-state index contributed by atoms with van der Waals surface area (Å²) in [5.41, 5.74) is 2.62. The summed E-state index contributed by atoms with van der Waals surface area (Å²) in [6.07, 6.45) is 0.634. The van der Waals surface area contributed by atoms with Gasteiger partial charge in [-0.3, -0.25) is 0 Å². The van der Waals surface area contributed by atoms with E-state index in [1.165, 1.54) is 28.6 Å². The Bertz CT molecular complexity index is 896. The van der Waals surface area contributed by atoms with Gasteiger partial charge in [0.25, 0.3) is 0 Å². The van der Waals surface area contributed by atoms with Crippen LogP contribution >= 0.6 is 0 Å². The zero-order valence-electron chi connectivity index (χ0n) is 13.6. The topological polar surface area (TPSA) is 55.8 Å². The molecule has 2 aliphatic rings. The molecule has 0 bridgehead atoms. The van der Waals surface area contributed by atoms with Crippen molar-refractivity contribution in [2.45, 2.75) is 18.7 Å². The summed E-state index contributed by atoms with van der Waals surface area (Å²) in [5.74, 6) is 0.892. The van der Waals surface area contributed by atoms with Gasteiger partial charge in [-0.2, -0.15) is 4.31 Å². The summed E-state index contributed by atoms with van der Waals surface area (Å²) < 4.78 is 51.1. The molecule has 2 aliphatic heterocycles. The van der Waals surface area contributed by atoms with Crippen molar-refractivity contribution in [3.63, 3.8) is 0 Å². The first-order valence-electron chi connectivity index (χ1n) is 8.15. The number of sulfonamides is 1. The lowest BCUT2D eigenvalue weighted by molar-refractivity contribution is 0.171. The van der Waals surface area contributed by atoms with E-state index in [1.807, 2.05) is 12.1 Å². The standard InChI is InChI=1S/C18H18FNO4S/c19-16-3-1-13(2-4-16)12-25(21,22)20-6-5-14-9-17-18(10-15(14)11-20)24-8-7-23-17/h1-4,9-10H,5-8,11-12H2. The molecule has 25 heavy (non-hydrogen) atoms. The van der Waals surface area contributed by atoms with E-state index in [-0.39, 0.29) is 11.6 Å². The Morgan fingerprint density at radius 2 is 1.64 bits per heavy atom. The second kappa shape index (κ2) is 6.31. The van der Waals surface area contributed by atoms with Gasteiger partial charge in [-0.1, -0.05) is 12.1 Å². The van der Waals surface area contributed by atoms with Gasteiger partial charge < -0.3 is 9.47 Å².